The van der Waals surface area contributed by atoms with Crippen LogP contribution < -0.4 is 10.6 Å². The molecule has 2 atom stereocenters. The molecular formula is C10H15N3O3. The highest BCUT2D eigenvalue weighted by molar-refractivity contribution is 6.05. The molecule has 0 aromatic heterocycles. The number of nitrogens with zero attached hydrogens (tertiary/aromatic N) is 1. The number of carbonyl (C=O) groups is 3. The molecule has 6 nitrogen and oxygen atoms in total. The normalized spacial score (nSPS) is 30.8. The topological polar surface area (TPSA) is 78.5 Å². The van der Waals surface area contributed by atoms with E-state index in [1.165, 1.54) is 0 Å². The standard InChI is InChI=1S/C10H15N3O3/c1-13-5-6(2-3-9(13)15)11-7-4-8(14)12-10(7)16/h6-7,11H,2-5H2,1H3,(H,12,14,16). The van der Waals surface area contributed by atoms with Gasteiger partial charge in [0.1, 0.15) is 0 Å². The molecule has 6 heteroatoms. The maximum atomic E-state index is 11.3. The maximum Gasteiger partial charge on any atom is 0.244 e. The second-order valence-corrected chi connectivity index (χ2v) is 4.35. The van der Waals surface area contributed by atoms with Crippen LogP contribution in [0.5, 0.6) is 0 Å². The molecule has 0 spiro atoms. The molecule has 0 aromatic rings. The van der Waals surface area contributed by atoms with Crippen LogP contribution in [0, 0.1) is 0 Å². The summed E-state index contributed by atoms with van der Waals surface area (Å²) >= 11 is 0. The van der Waals surface area contributed by atoms with Gasteiger partial charge in [-0.3, -0.25) is 19.7 Å². The van der Waals surface area contributed by atoms with Gasteiger partial charge in [0.15, 0.2) is 0 Å². The van der Waals surface area contributed by atoms with Gasteiger partial charge >= 0.3 is 0 Å². The number of rotatable bonds is 2. The predicted octanol–water partition coefficient (Wildman–Crippen LogP) is -1.39. The Morgan fingerprint density at radius 2 is 2.12 bits per heavy atom. The maximum absolute atomic E-state index is 11.3. The van der Waals surface area contributed by atoms with E-state index in [2.05, 4.69) is 10.6 Å². The van der Waals surface area contributed by atoms with Crippen LogP contribution in [0.25, 0.3) is 0 Å². The van der Waals surface area contributed by atoms with Crippen molar-refractivity contribution in [1.82, 2.24) is 15.5 Å². The number of likely N-dealkylation sites (N-methyl/N-ethyl adjacent to an activating group) is 1. The number of likely N-dealkylation sites (tertiary alicyclic amines) is 1. The minimum atomic E-state index is -0.431. The average molecular weight is 225 g/mol. The summed E-state index contributed by atoms with van der Waals surface area (Å²) in [5.74, 6) is -0.364. The highest BCUT2D eigenvalue weighted by Gasteiger charge is 2.33. The van der Waals surface area contributed by atoms with Crippen LogP contribution in [0.2, 0.25) is 0 Å². The monoisotopic (exact) mass is 225 g/mol. The van der Waals surface area contributed by atoms with Crippen molar-refractivity contribution in [2.75, 3.05) is 13.6 Å². The molecule has 2 saturated heterocycles. The summed E-state index contributed by atoms with van der Waals surface area (Å²) < 4.78 is 0. The van der Waals surface area contributed by atoms with Gasteiger partial charge in [0.2, 0.25) is 17.7 Å². The van der Waals surface area contributed by atoms with Crippen molar-refractivity contribution < 1.29 is 14.4 Å². The summed E-state index contributed by atoms with van der Waals surface area (Å²) in [5, 5.41) is 5.38. The fourth-order valence-electron chi connectivity index (χ4n) is 2.12. The first-order valence-electron chi connectivity index (χ1n) is 5.40. The van der Waals surface area contributed by atoms with Crippen LogP contribution in [0.15, 0.2) is 0 Å². The smallest absolute Gasteiger partial charge is 0.244 e. The summed E-state index contributed by atoms with van der Waals surface area (Å²) in [6, 6.07) is -0.330. The van der Waals surface area contributed by atoms with Gasteiger partial charge in [0, 0.05) is 26.1 Å². The Labute approximate surface area is 93.4 Å². The van der Waals surface area contributed by atoms with E-state index in [0.29, 0.717) is 13.0 Å². The van der Waals surface area contributed by atoms with Gasteiger partial charge in [-0.15, -0.1) is 0 Å². The summed E-state index contributed by atoms with van der Waals surface area (Å²) in [6.07, 6.45) is 1.42. The molecule has 2 fully saturated rings. The number of piperidine rings is 1. The van der Waals surface area contributed by atoms with Crippen LogP contribution in [0.3, 0.4) is 0 Å². The Bertz CT molecular complexity index is 342. The van der Waals surface area contributed by atoms with Crippen LogP contribution in [0.4, 0.5) is 0 Å². The summed E-state index contributed by atoms with van der Waals surface area (Å²) in [4.78, 5) is 35.2. The predicted molar refractivity (Wildman–Crippen MR) is 55.3 cm³/mol. The van der Waals surface area contributed by atoms with E-state index in [-0.39, 0.29) is 30.2 Å². The molecule has 0 aliphatic carbocycles. The van der Waals surface area contributed by atoms with Gasteiger partial charge in [-0.1, -0.05) is 0 Å². The first kappa shape index (κ1) is 11.1. The van der Waals surface area contributed by atoms with Gasteiger partial charge in [-0.05, 0) is 6.42 Å². The summed E-state index contributed by atoms with van der Waals surface area (Å²) in [7, 11) is 1.75. The lowest BCUT2D eigenvalue weighted by Gasteiger charge is -2.31. The molecule has 2 aliphatic heterocycles. The molecular weight excluding hydrogens is 210 g/mol. The van der Waals surface area contributed by atoms with Gasteiger partial charge in [0.25, 0.3) is 0 Å². The minimum Gasteiger partial charge on any atom is -0.344 e. The molecule has 2 heterocycles. The lowest BCUT2D eigenvalue weighted by Crippen LogP contribution is -2.51. The number of hydrogen-bond acceptors (Lipinski definition) is 4. The van der Waals surface area contributed by atoms with Crippen molar-refractivity contribution in [2.45, 2.75) is 31.3 Å². The molecule has 0 saturated carbocycles. The molecule has 16 heavy (non-hydrogen) atoms. The van der Waals surface area contributed by atoms with E-state index >= 15 is 0 Å². The molecule has 2 N–H and O–H groups in total. The number of imide groups is 1. The van der Waals surface area contributed by atoms with Crippen LogP contribution in [-0.4, -0.2) is 48.3 Å². The highest BCUT2D eigenvalue weighted by atomic mass is 16.2. The zero-order chi connectivity index (χ0) is 11.7. The second kappa shape index (κ2) is 4.21. The van der Waals surface area contributed by atoms with Crippen molar-refractivity contribution in [1.29, 1.82) is 0 Å². The molecule has 0 radical (unpaired) electrons. The molecule has 0 aromatic carbocycles. The molecule has 3 amide bonds. The zero-order valence-electron chi connectivity index (χ0n) is 9.16. The first-order chi connectivity index (χ1) is 7.56. The van der Waals surface area contributed by atoms with Gasteiger partial charge in [-0.25, -0.2) is 0 Å². The third-order valence-electron chi connectivity index (χ3n) is 3.03. The van der Waals surface area contributed by atoms with Crippen molar-refractivity contribution in [2.24, 2.45) is 0 Å². The van der Waals surface area contributed by atoms with E-state index in [9.17, 15) is 14.4 Å². The molecule has 2 rings (SSSR count). The van der Waals surface area contributed by atoms with Gasteiger partial charge in [0.05, 0.1) is 12.5 Å². The number of amides is 3. The summed E-state index contributed by atoms with van der Waals surface area (Å²) in [5.41, 5.74) is 0. The van der Waals surface area contributed by atoms with E-state index in [1.54, 1.807) is 11.9 Å². The van der Waals surface area contributed by atoms with Crippen LogP contribution in [0.1, 0.15) is 19.3 Å². The molecule has 2 aliphatic rings. The van der Waals surface area contributed by atoms with E-state index in [0.717, 1.165) is 6.42 Å². The Hall–Kier alpha value is -1.43. The van der Waals surface area contributed by atoms with Gasteiger partial charge < -0.3 is 10.2 Å². The van der Waals surface area contributed by atoms with Crippen molar-refractivity contribution in [3.8, 4) is 0 Å². The number of nitrogens with one attached hydrogen (secondary N) is 2. The lowest BCUT2D eigenvalue weighted by molar-refractivity contribution is -0.132. The van der Waals surface area contributed by atoms with E-state index < -0.39 is 6.04 Å². The average Bonchev–Trinajstić information content (AvgIpc) is 2.51. The quantitative estimate of drug-likeness (QED) is 0.567. The summed E-state index contributed by atoms with van der Waals surface area (Å²) in [6.45, 7) is 0.594. The third-order valence-corrected chi connectivity index (χ3v) is 3.03. The number of carbonyl (C=O) groups excluding carboxylic acids is 3. The van der Waals surface area contributed by atoms with Crippen LogP contribution >= 0.6 is 0 Å². The third kappa shape index (κ3) is 2.21. The Morgan fingerprint density at radius 3 is 2.69 bits per heavy atom. The van der Waals surface area contributed by atoms with Crippen molar-refractivity contribution in [3.63, 3.8) is 0 Å². The van der Waals surface area contributed by atoms with E-state index in [1.807, 2.05) is 0 Å². The Morgan fingerprint density at radius 1 is 1.38 bits per heavy atom. The zero-order valence-corrected chi connectivity index (χ0v) is 9.16. The minimum absolute atomic E-state index is 0.101. The highest BCUT2D eigenvalue weighted by Crippen LogP contribution is 2.12. The fourth-order valence-corrected chi connectivity index (χ4v) is 2.12. The van der Waals surface area contributed by atoms with Crippen molar-refractivity contribution in [3.05, 3.63) is 0 Å². The molecule has 2 unspecified atom stereocenters. The Balaban J connectivity index is 1.88. The fraction of sp³-hybridized carbons (Fsp3) is 0.700. The van der Waals surface area contributed by atoms with Crippen molar-refractivity contribution >= 4 is 17.7 Å². The largest absolute Gasteiger partial charge is 0.344 e. The number of hydrogen-bond donors (Lipinski definition) is 2. The van der Waals surface area contributed by atoms with E-state index in [4.69, 9.17) is 0 Å². The SMILES string of the molecule is CN1CC(NC2CC(=O)NC2=O)CCC1=O. The second-order valence-electron chi connectivity index (χ2n) is 4.35. The first-order valence-corrected chi connectivity index (χ1v) is 5.40. The Kier molecular flexibility index (Phi) is 2.91. The van der Waals surface area contributed by atoms with Gasteiger partial charge in [-0.2, -0.15) is 0 Å². The lowest BCUT2D eigenvalue weighted by atomic mass is 10.0. The molecule has 0 bridgehead atoms. The van der Waals surface area contributed by atoms with Crippen LogP contribution in [-0.2, 0) is 14.4 Å². The molecule has 88 valence electrons.